The number of halogens is 1. The molecule has 6 heteroatoms. The summed E-state index contributed by atoms with van der Waals surface area (Å²) < 4.78 is 6.39. The van der Waals surface area contributed by atoms with Gasteiger partial charge in [-0.25, -0.2) is 0 Å². The van der Waals surface area contributed by atoms with Gasteiger partial charge in [0.25, 0.3) is 0 Å². The highest BCUT2D eigenvalue weighted by molar-refractivity contribution is 9.10. The first-order valence-corrected chi connectivity index (χ1v) is 7.20. The molecule has 1 aromatic carbocycles. The van der Waals surface area contributed by atoms with E-state index in [1.807, 2.05) is 24.3 Å². The molecule has 0 heterocycles. The Labute approximate surface area is 125 Å². The summed E-state index contributed by atoms with van der Waals surface area (Å²) in [5.74, 6) is -0.316. The average Bonchev–Trinajstić information content (AvgIpc) is 3.20. The maximum absolute atomic E-state index is 11.6. The molecule has 20 heavy (non-hydrogen) atoms. The second-order valence-corrected chi connectivity index (χ2v) is 5.83. The lowest BCUT2D eigenvalue weighted by Crippen LogP contribution is -2.34. The van der Waals surface area contributed by atoms with Crippen LogP contribution in [0.2, 0.25) is 0 Å². The Morgan fingerprint density at radius 1 is 1.30 bits per heavy atom. The van der Waals surface area contributed by atoms with Crippen LogP contribution < -0.4 is 10.1 Å². The van der Waals surface area contributed by atoms with Crippen molar-refractivity contribution >= 4 is 27.8 Å². The molecule has 1 amide bonds. The maximum atomic E-state index is 11.6. The molecule has 108 valence electrons. The summed E-state index contributed by atoms with van der Waals surface area (Å²) in [4.78, 5) is 22.5. The van der Waals surface area contributed by atoms with Gasteiger partial charge in [0.2, 0.25) is 5.91 Å². The normalized spacial score (nSPS) is 15.4. The predicted molar refractivity (Wildman–Crippen MR) is 76.6 cm³/mol. The maximum Gasteiger partial charge on any atom is 0.311 e. The van der Waals surface area contributed by atoms with Crippen molar-refractivity contribution in [2.24, 2.45) is 5.41 Å². The van der Waals surface area contributed by atoms with E-state index >= 15 is 0 Å². The van der Waals surface area contributed by atoms with Gasteiger partial charge in [-0.15, -0.1) is 0 Å². The van der Waals surface area contributed by atoms with Crippen LogP contribution in [-0.2, 0) is 9.59 Å². The van der Waals surface area contributed by atoms with Crippen LogP contribution in [0.3, 0.4) is 0 Å². The van der Waals surface area contributed by atoms with Crippen molar-refractivity contribution in [1.82, 2.24) is 5.32 Å². The summed E-state index contributed by atoms with van der Waals surface area (Å²) in [6, 6.07) is 7.34. The lowest BCUT2D eigenvalue weighted by molar-refractivity contribution is -0.143. The number of rotatable bonds is 7. The van der Waals surface area contributed by atoms with Crippen molar-refractivity contribution in [3.63, 3.8) is 0 Å². The molecule has 0 aliphatic heterocycles. The van der Waals surface area contributed by atoms with Crippen molar-refractivity contribution in [2.45, 2.75) is 19.3 Å². The molecule has 0 atom stereocenters. The summed E-state index contributed by atoms with van der Waals surface area (Å²) in [5.41, 5.74) is -0.720. The minimum atomic E-state index is -0.830. The Balaban J connectivity index is 1.65. The molecule has 2 rings (SSSR count). The van der Waals surface area contributed by atoms with Crippen LogP contribution in [0.4, 0.5) is 0 Å². The Kier molecular flexibility index (Phi) is 4.65. The number of nitrogens with one attached hydrogen (secondary N) is 1. The number of carboxylic acid groups (broad SMARTS) is 1. The standard InChI is InChI=1S/C14H16BrNO4/c15-10-1-3-11(4-2-10)20-8-5-12(17)16-9-14(6-7-14)13(18)19/h1-4H,5-9H2,(H,16,17)(H,18,19). The van der Waals surface area contributed by atoms with Crippen LogP contribution in [0.5, 0.6) is 5.75 Å². The molecule has 0 saturated heterocycles. The molecule has 5 nitrogen and oxygen atoms in total. The molecule has 1 fully saturated rings. The number of aliphatic carboxylic acids is 1. The van der Waals surface area contributed by atoms with Gasteiger partial charge in [0.1, 0.15) is 5.75 Å². The fraction of sp³-hybridized carbons (Fsp3) is 0.429. The number of carbonyl (C=O) groups is 2. The fourth-order valence-corrected chi connectivity index (χ4v) is 2.03. The monoisotopic (exact) mass is 341 g/mol. The molecular formula is C14H16BrNO4. The van der Waals surface area contributed by atoms with Crippen LogP contribution in [0.15, 0.2) is 28.7 Å². The van der Waals surface area contributed by atoms with Gasteiger partial charge < -0.3 is 15.2 Å². The zero-order chi connectivity index (χ0) is 14.6. The zero-order valence-electron chi connectivity index (χ0n) is 10.9. The number of hydrogen-bond acceptors (Lipinski definition) is 3. The third-order valence-corrected chi connectivity index (χ3v) is 3.87. The van der Waals surface area contributed by atoms with Crippen molar-refractivity contribution in [2.75, 3.05) is 13.2 Å². The van der Waals surface area contributed by atoms with Gasteiger partial charge in [-0.3, -0.25) is 9.59 Å². The van der Waals surface area contributed by atoms with E-state index in [1.165, 1.54) is 0 Å². The van der Waals surface area contributed by atoms with E-state index in [9.17, 15) is 9.59 Å². The number of benzene rings is 1. The van der Waals surface area contributed by atoms with Gasteiger partial charge in [-0.05, 0) is 37.1 Å². The minimum Gasteiger partial charge on any atom is -0.493 e. The van der Waals surface area contributed by atoms with E-state index < -0.39 is 11.4 Å². The molecule has 0 unspecified atom stereocenters. The highest BCUT2D eigenvalue weighted by Gasteiger charge is 2.50. The largest absolute Gasteiger partial charge is 0.493 e. The van der Waals surface area contributed by atoms with Gasteiger partial charge in [0, 0.05) is 11.0 Å². The van der Waals surface area contributed by atoms with Crippen molar-refractivity contribution in [1.29, 1.82) is 0 Å². The predicted octanol–water partition coefficient (Wildman–Crippen LogP) is 2.20. The third-order valence-electron chi connectivity index (χ3n) is 3.34. The summed E-state index contributed by atoms with van der Waals surface area (Å²) in [7, 11) is 0. The van der Waals surface area contributed by atoms with Crippen LogP contribution in [-0.4, -0.2) is 30.1 Å². The van der Waals surface area contributed by atoms with Crippen LogP contribution in [0.25, 0.3) is 0 Å². The Bertz CT molecular complexity index is 496. The van der Waals surface area contributed by atoms with Gasteiger partial charge in [-0.2, -0.15) is 0 Å². The first-order chi connectivity index (χ1) is 9.52. The molecule has 1 saturated carbocycles. The molecule has 0 spiro atoms. The third kappa shape index (κ3) is 3.96. The van der Waals surface area contributed by atoms with Crippen LogP contribution >= 0.6 is 15.9 Å². The summed E-state index contributed by atoms with van der Waals surface area (Å²) in [5, 5.41) is 11.6. The van der Waals surface area contributed by atoms with Gasteiger partial charge >= 0.3 is 5.97 Å². The smallest absolute Gasteiger partial charge is 0.311 e. The van der Waals surface area contributed by atoms with Crippen molar-refractivity contribution in [3.05, 3.63) is 28.7 Å². The molecule has 0 radical (unpaired) electrons. The number of amides is 1. The summed E-state index contributed by atoms with van der Waals surface area (Å²) in [6.07, 6.45) is 1.49. The molecular weight excluding hydrogens is 326 g/mol. The highest BCUT2D eigenvalue weighted by Crippen LogP contribution is 2.45. The SMILES string of the molecule is O=C(CCOc1ccc(Br)cc1)NCC1(C(=O)O)CC1. The minimum absolute atomic E-state index is 0.186. The molecule has 2 N–H and O–H groups in total. The van der Waals surface area contributed by atoms with Crippen molar-refractivity contribution in [3.8, 4) is 5.75 Å². The van der Waals surface area contributed by atoms with E-state index in [4.69, 9.17) is 9.84 Å². The molecule has 0 bridgehead atoms. The Morgan fingerprint density at radius 2 is 1.95 bits per heavy atom. The Morgan fingerprint density at radius 3 is 2.50 bits per heavy atom. The number of ether oxygens (including phenoxy) is 1. The first kappa shape index (κ1) is 14.8. The number of carboxylic acids is 1. The Hall–Kier alpha value is -1.56. The molecule has 0 aromatic heterocycles. The molecule has 1 aliphatic carbocycles. The van der Waals surface area contributed by atoms with Gasteiger partial charge in [-0.1, -0.05) is 15.9 Å². The molecule has 1 aliphatic rings. The quantitative estimate of drug-likeness (QED) is 0.797. The van der Waals surface area contributed by atoms with E-state index in [0.29, 0.717) is 18.6 Å². The lowest BCUT2D eigenvalue weighted by Gasteiger charge is -2.11. The first-order valence-electron chi connectivity index (χ1n) is 6.40. The van der Waals surface area contributed by atoms with E-state index in [0.717, 1.165) is 4.47 Å². The van der Waals surface area contributed by atoms with Gasteiger partial charge in [0.05, 0.1) is 18.4 Å². The second kappa shape index (κ2) is 6.26. The zero-order valence-corrected chi connectivity index (χ0v) is 12.5. The molecule has 1 aromatic rings. The average molecular weight is 342 g/mol. The van der Waals surface area contributed by atoms with E-state index in [1.54, 1.807) is 0 Å². The highest BCUT2D eigenvalue weighted by atomic mass is 79.9. The van der Waals surface area contributed by atoms with E-state index in [-0.39, 0.29) is 25.5 Å². The fourth-order valence-electron chi connectivity index (χ4n) is 1.77. The van der Waals surface area contributed by atoms with Crippen molar-refractivity contribution < 1.29 is 19.4 Å². The second-order valence-electron chi connectivity index (χ2n) is 4.91. The summed E-state index contributed by atoms with van der Waals surface area (Å²) >= 11 is 3.33. The number of carbonyl (C=O) groups excluding carboxylic acids is 1. The van der Waals surface area contributed by atoms with Crippen LogP contribution in [0.1, 0.15) is 19.3 Å². The van der Waals surface area contributed by atoms with E-state index in [2.05, 4.69) is 21.2 Å². The lowest BCUT2D eigenvalue weighted by atomic mass is 10.1. The van der Waals surface area contributed by atoms with Crippen LogP contribution in [0, 0.1) is 5.41 Å². The summed E-state index contributed by atoms with van der Waals surface area (Å²) in [6.45, 7) is 0.479. The number of hydrogen-bond donors (Lipinski definition) is 2. The topological polar surface area (TPSA) is 75.6 Å². The van der Waals surface area contributed by atoms with Gasteiger partial charge in [0.15, 0.2) is 0 Å².